The number of pyridine rings is 1. The Kier molecular flexibility index (Phi) is 6.59. The number of aromatic amines is 1. The lowest BCUT2D eigenvalue weighted by Gasteiger charge is -2.33. The number of hydrogen-bond acceptors (Lipinski definition) is 3. The molecule has 2 aromatic rings. The molecule has 0 atom stereocenters. The van der Waals surface area contributed by atoms with E-state index < -0.39 is 0 Å². The highest BCUT2D eigenvalue weighted by molar-refractivity contribution is 5.83. The number of benzene rings is 1. The predicted molar refractivity (Wildman–Crippen MR) is 116 cm³/mol. The number of anilines is 1. The first-order valence-corrected chi connectivity index (χ1v) is 10.7. The molecule has 0 radical (unpaired) electrons. The molecule has 1 fully saturated rings. The molecule has 0 saturated heterocycles. The summed E-state index contributed by atoms with van der Waals surface area (Å²) in [5.41, 5.74) is 4.22. The number of nitrogens with zero attached hydrogens (tertiary/aromatic N) is 2. The van der Waals surface area contributed by atoms with Crippen LogP contribution in [0.15, 0.2) is 23.0 Å². The van der Waals surface area contributed by atoms with Crippen molar-refractivity contribution >= 4 is 16.6 Å². The summed E-state index contributed by atoms with van der Waals surface area (Å²) in [6.07, 6.45) is 6.54. The van der Waals surface area contributed by atoms with Gasteiger partial charge < -0.3 is 9.88 Å². The second-order valence-electron chi connectivity index (χ2n) is 7.81. The molecular formula is C23H35N3O. The Morgan fingerprint density at radius 3 is 2.37 bits per heavy atom. The van der Waals surface area contributed by atoms with Crippen LogP contribution in [0.3, 0.4) is 0 Å². The van der Waals surface area contributed by atoms with E-state index in [9.17, 15) is 4.79 Å². The van der Waals surface area contributed by atoms with Gasteiger partial charge in [0.05, 0.1) is 0 Å². The molecule has 148 valence electrons. The molecule has 1 aromatic carbocycles. The molecular weight excluding hydrogens is 334 g/mol. The van der Waals surface area contributed by atoms with Gasteiger partial charge in [-0.3, -0.25) is 9.69 Å². The van der Waals surface area contributed by atoms with Crippen LogP contribution in [0.25, 0.3) is 10.9 Å². The molecule has 4 nitrogen and oxygen atoms in total. The minimum atomic E-state index is 0.199. The minimum Gasteiger partial charge on any atom is -0.372 e. The maximum absolute atomic E-state index is 13.4. The highest BCUT2D eigenvalue weighted by Crippen LogP contribution is 2.25. The van der Waals surface area contributed by atoms with Crippen molar-refractivity contribution in [3.05, 3.63) is 39.7 Å². The molecule has 0 spiro atoms. The van der Waals surface area contributed by atoms with Crippen molar-refractivity contribution < 1.29 is 0 Å². The Balaban J connectivity index is 1.97. The number of hydrogen-bond donors (Lipinski definition) is 1. The predicted octanol–water partition coefficient (Wildman–Crippen LogP) is 4.84. The summed E-state index contributed by atoms with van der Waals surface area (Å²) in [5, 5.41) is 0.819. The number of rotatable bonds is 7. The SMILES string of the molecule is CCN(CC)c1ccc2[nH]c(C)c(CN(CC)C3CCCCC3)c(=O)c2c1. The fraction of sp³-hybridized carbons (Fsp3) is 0.609. The van der Waals surface area contributed by atoms with Gasteiger partial charge in [-0.2, -0.15) is 0 Å². The largest absolute Gasteiger partial charge is 0.372 e. The number of H-pyrrole nitrogens is 1. The van der Waals surface area contributed by atoms with Gasteiger partial charge in [0, 0.05) is 53.5 Å². The molecule has 3 rings (SSSR count). The molecule has 0 aliphatic heterocycles. The van der Waals surface area contributed by atoms with Gasteiger partial charge >= 0.3 is 0 Å². The van der Waals surface area contributed by atoms with E-state index >= 15 is 0 Å². The summed E-state index contributed by atoms with van der Waals surface area (Å²) in [7, 11) is 0. The van der Waals surface area contributed by atoms with Gasteiger partial charge in [-0.05, 0) is 58.4 Å². The topological polar surface area (TPSA) is 39.3 Å². The van der Waals surface area contributed by atoms with Crippen molar-refractivity contribution in [1.29, 1.82) is 0 Å². The maximum Gasteiger partial charge on any atom is 0.194 e. The monoisotopic (exact) mass is 369 g/mol. The highest BCUT2D eigenvalue weighted by atomic mass is 16.1. The Bertz CT molecular complexity index is 816. The van der Waals surface area contributed by atoms with E-state index in [-0.39, 0.29) is 5.43 Å². The van der Waals surface area contributed by atoms with Gasteiger partial charge in [0.15, 0.2) is 5.43 Å². The zero-order valence-electron chi connectivity index (χ0n) is 17.5. The average molecular weight is 370 g/mol. The third-order valence-electron chi connectivity index (χ3n) is 6.28. The number of fused-ring (bicyclic) bond motifs is 1. The molecule has 0 bridgehead atoms. The molecule has 27 heavy (non-hydrogen) atoms. The van der Waals surface area contributed by atoms with Crippen LogP contribution >= 0.6 is 0 Å². The summed E-state index contributed by atoms with van der Waals surface area (Å²) in [4.78, 5) is 21.7. The lowest BCUT2D eigenvalue weighted by Crippen LogP contribution is -2.37. The fourth-order valence-corrected chi connectivity index (χ4v) is 4.56. The maximum atomic E-state index is 13.4. The second-order valence-corrected chi connectivity index (χ2v) is 7.81. The van der Waals surface area contributed by atoms with E-state index in [0.717, 1.165) is 54.0 Å². The number of nitrogens with one attached hydrogen (secondary N) is 1. The van der Waals surface area contributed by atoms with E-state index in [4.69, 9.17) is 0 Å². The zero-order chi connectivity index (χ0) is 19.4. The standard InChI is InChI=1S/C23H35N3O/c1-5-25(6-2)19-13-14-22-20(15-19)23(27)21(17(4)24-22)16-26(7-3)18-11-9-8-10-12-18/h13-15,18H,5-12,16H2,1-4H3,(H,24,27). The average Bonchev–Trinajstić information content (AvgIpc) is 2.70. The summed E-state index contributed by atoms with van der Waals surface area (Å²) in [6.45, 7) is 12.2. The normalized spacial score (nSPS) is 15.6. The molecule has 0 amide bonds. The molecule has 1 aliphatic rings. The van der Waals surface area contributed by atoms with E-state index in [1.807, 2.05) is 6.92 Å². The molecule has 0 unspecified atom stereocenters. The van der Waals surface area contributed by atoms with Crippen molar-refractivity contribution in [2.24, 2.45) is 0 Å². The van der Waals surface area contributed by atoms with E-state index in [2.05, 4.69) is 53.8 Å². The first-order chi connectivity index (χ1) is 13.1. The lowest BCUT2D eigenvalue weighted by molar-refractivity contribution is 0.155. The minimum absolute atomic E-state index is 0.199. The van der Waals surface area contributed by atoms with Gasteiger partial charge in [-0.15, -0.1) is 0 Å². The molecule has 1 saturated carbocycles. The van der Waals surface area contributed by atoms with Crippen LogP contribution in [0, 0.1) is 6.92 Å². The Hall–Kier alpha value is -1.81. The van der Waals surface area contributed by atoms with Gasteiger partial charge in [0.1, 0.15) is 0 Å². The van der Waals surface area contributed by atoms with Crippen LogP contribution in [0.5, 0.6) is 0 Å². The van der Waals surface area contributed by atoms with Crippen LogP contribution in [0.4, 0.5) is 5.69 Å². The smallest absolute Gasteiger partial charge is 0.194 e. The van der Waals surface area contributed by atoms with Crippen LogP contribution in [0.1, 0.15) is 64.1 Å². The van der Waals surface area contributed by atoms with Crippen molar-refractivity contribution in [3.63, 3.8) is 0 Å². The van der Waals surface area contributed by atoms with Gasteiger partial charge in [0.2, 0.25) is 0 Å². The summed E-state index contributed by atoms with van der Waals surface area (Å²) < 4.78 is 0. The van der Waals surface area contributed by atoms with Crippen LogP contribution in [-0.2, 0) is 6.54 Å². The van der Waals surface area contributed by atoms with E-state index in [1.165, 1.54) is 32.1 Å². The molecule has 1 heterocycles. The summed E-state index contributed by atoms with van der Waals surface area (Å²) in [5.74, 6) is 0. The summed E-state index contributed by atoms with van der Waals surface area (Å²) in [6, 6.07) is 6.87. The first-order valence-electron chi connectivity index (χ1n) is 10.7. The summed E-state index contributed by atoms with van der Waals surface area (Å²) >= 11 is 0. The molecule has 1 aliphatic carbocycles. The molecule has 4 heteroatoms. The number of aromatic nitrogens is 1. The Morgan fingerprint density at radius 1 is 1.04 bits per heavy atom. The van der Waals surface area contributed by atoms with Gasteiger partial charge in [-0.1, -0.05) is 26.2 Å². The third kappa shape index (κ3) is 4.21. The van der Waals surface area contributed by atoms with E-state index in [1.54, 1.807) is 0 Å². The van der Waals surface area contributed by atoms with Crippen molar-refractivity contribution in [3.8, 4) is 0 Å². The van der Waals surface area contributed by atoms with E-state index in [0.29, 0.717) is 6.04 Å². The Morgan fingerprint density at radius 2 is 1.74 bits per heavy atom. The molecule has 1 aromatic heterocycles. The van der Waals surface area contributed by atoms with Crippen LogP contribution < -0.4 is 10.3 Å². The van der Waals surface area contributed by atoms with Crippen molar-refractivity contribution in [2.45, 2.75) is 72.4 Å². The highest BCUT2D eigenvalue weighted by Gasteiger charge is 2.22. The lowest BCUT2D eigenvalue weighted by atomic mass is 9.93. The zero-order valence-corrected chi connectivity index (χ0v) is 17.5. The third-order valence-corrected chi connectivity index (χ3v) is 6.28. The van der Waals surface area contributed by atoms with Crippen molar-refractivity contribution in [1.82, 2.24) is 9.88 Å². The molecule has 1 N–H and O–H groups in total. The van der Waals surface area contributed by atoms with Gasteiger partial charge in [-0.25, -0.2) is 0 Å². The first kappa shape index (κ1) is 19.9. The quantitative estimate of drug-likeness (QED) is 0.759. The van der Waals surface area contributed by atoms with Crippen molar-refractivity contribution in [2.75, 3.05) is 24.5 Å². The van der Waals surface area contributed by atoms with Crippen LogP contribution in [0.2, 0.25) is 0 Å². The van der Waals surface area contributed by atoms with Gasteiger partial charge in [0.25, 0.3) is 0 Å². The second kappa shape index (κ2) is 8.92. The fourth-order valence-electron chi connectivity index (χ4n) is 4.56. The number of aryl methyl sites for hydroxylation is 1. The van der Waals surface area contributed by atoms with Crippen LogP contribution in [-0.4, -0.2) is 35.6 Å². The Labute approximate surface area is 163 Å².